The molecule has 0 aliphatic carbocycles. The lowest BCUT2D eigenvalue weighted by Crippen LogP contribution is -1.95. The van der Waals surface area contributed by atoms with Gasteiger partial charge in [0.1, 0.15) is 5.75 Å². The lowest BCUT2D eigenvalue weighted by molar-refractivity contribution is 0.412. The summed E-state index contributed by atoms with van der Waals surface area (Å²) in [7, 11) is 1.65. The molecule has 3 aromatic rings. The number of methoxy groups -OCH3 is 1. The number of benzene rings is 2. The Morgan fingerprint density at radius 1 is 1.15 bits per heavy atom. The van der Waals surface area contributed by atoms with Gasteiger partial charge in [-0.15, -0.1) is 0 Å². The third-order valence-electron chi connectivity index (χ3n) is 3.04. The van der Waals surface area contributed by atoms with Gasteiger partial charge in [-0.3, -0.25) is 4.57 Å². The van der Waals surface area contributed by atoms with Crippen LogP contribution in [0.1, 0.15) is 0 Å². The third-order valence-corrected chi connectivity index (χ3v) is 4.44. The van der Waals surface area contributed by atoms with E-state index in [1.165, 1.54) is 0 Å². The first-order chi connectivity index (χ1) is 9.60. The van der Waals surface area contributed by atoms with Crippen LogP contribution >= 0.6 is 44.1 Å². The van der Waals surface area contributed by atoms with E-state index in [9.17, 15) is 0 Å². The minimum Gasteiger partial charge on any atom is -0.496 e. The Morgan fingerprint density at radius 2 is 1.95 bits per heavy atom. The van der Waals surface area contributed by atoms with Gasteiger partial charge in [0.25, 0.3) is 0 Å². The summed E-state index contributed by atoms with van der Waals surface area (Å²) >= 11 is 12.4. The molecule has 0 saturated carbocycles. The first-order valence-electron chi connectivity index (χ1n) is 5.84. The number of imidazole rings is 1. The fraction of sp³-hybridized carbons (Fsp3) is 0.0714. The zero-order valence-electron chi connectivity index (χ0n) is 10.5. The Morgan fingerprint density at radius 3 is 2.65 bits per heavy atom. The van der Waals surface area contributed by atoms with Crippen molar-refractivity contribution in [2.45, 2.75) is 0 Å². The maximum absolute atomic E-state index is 5.43. The molecule has 0 aliphatic rings. The van der Waals surface area contributed by atoms with Crippen molar-refractivity contribution in [3.05, 3.63) is 50.1 Å². The highest BCUT2D eigenvalue weighted by atomic mass is 79.9. The first-order valence-corrected chi connectivity index (χ1v) is 7.84. The van der Waals surface area contributed by atoms with Gasteiger partial charge < -0.3 is 9.72 Å². The molecule has 0 aliphatic heterocycles. The van der Waals surface area contributed by atoms with Gasteiger partial charge in [-0.2, -0.15) is 0 Å². The summed E-state index contributed by atoms with van der Waals surface area (Å²) in [6.45, 7) is 0. The Kier molecular flexibility index (Phi) is 3.70. The van der Waals surface area contributed by atoms with Crippen molar-refractivity contribution >= 4 is 55.1 Å². The van der Waals surface area contributed by atoms with Gasteiger partial charge in [-0.1, -0.05) is 15.9 Å². The summed E-state index contributed by atoms with van der Waals surface area (Å²) in [5, 5.41) is 0. The molecule has 0 saturated heterocycles. The zero-order valence-corrected chi connectivity index (χ0v) is 14.5. The number of nitrogens with one attached hydrogen (secondary N) is 1. The van der Waals surface area contributed by atoms with Gasteiger partial charge >= 0.3 is 0 Å². The van der Waals surface area contributed by atoms with Crippen LogP contribution in [0.5, 0.6) is 5.75 Å². The molecule has 3 rings (SSSR count). The van der Waals surface area contributed by atoms with Gasteiger partial charge in [0.05, 0.1) is 22.6 Å². The van der Waals surface area contributed by atoms with E-state index in [2.05, 4.69) is 36.8 Å². The summed E-state index contributed by atoms with van der Waals surface area (Å²) in [4.78, 5) is 3.21. The van der Waals surface area contributed by atoms with Gasteiger partial charge in [0, 0.05) is 10.2 Å². The molecule has 6 heteroatoms. The first kappa shape index (κ1) is 13.9. The van der Waals surface area contributed by atoms with Gasteiger partial charge in [0.2, 0.25) is 0 Å². The van der Waals surface area contributed by atoms with E-state index in [0.29, 0.717) is 4.77 Å². The number of rotatable bonds is 2. The maximum Gasteiger partial charge on any atom is 0.182 e. The molecule has 1 heterocycles. The van der Waals surface area contributed by atoms with Crippen molar-refractivity contribution in [3.63, 3.8) is 0 Å². The minimum absolute atomic E-state index is 0.662. The van der Waals surface area contributed by atoms with Crippen molar-refractivity contribution in [2.75, 3.05) is 7.11 Å². The van der Waals surface area contributed by atoms with Crippen LogP contribution in [0.2, 0.25) is 0 Å². The molecule has 1 aromatic heterocycles. The summed E-state index contributed by atoms with van der Waals surface area (Å²) in [5.41, 5.74) is 3.01. The molecule has 0 unspecified atom stereocenters. The maximum atomic E-state index is 5.43. The number of nitrogens with zero attached hydrogens (tertiary/aromatic N) is 1. The topological polar surface area (TPSA) is 29.9 Å². The molecular formula is C14H10Br2N2OS. The Hall–Kier alpha value is -1.11. The molecule has 102 valence electrons. The highest BCUT2D eigenvalue weighted by Gasteiger charge is 2.09. The Bertz CT molecular complexity index is 854. The van der Waals surface area contributed by atoms with E-state index < -0.39 is 0 Å². The molecule has 0 spiro atoms. The van der Waals surface area contributed by atoms with Crippen LogP contribution in [0.15, 0.2) is 45.3 Å². The van der Waals surface area contributed by atoms with Crippen LogP contribution in [0.25, 0.3) is 16.7 Å². The number of aromatic amines is 1. The number of aromatic nitrogens is 2. The number of H-pyrrole nitrogens is 1. The standard InChI is InChI=1S/C14H10Br2N2OS/c1-19-13-5-3-9(7-10(13)16)18-12-6-8(15)2-4-11(12)17-14(18)20/h2-7H,1H3,(H,17,20). The van der Waals surface area contributed by atoms with Crippen LogP contribution in [0, 0.1) is 4.77 Å². The second-order valence-electron chi connectivity index (χ2n) is 4.25. The van der Waals surface area contributed by atoms with Crippen molar-refractivity contribution < 1.29 is 4.74 Å². The molecule has 3 nitrogen and oxygen atoms in total. The molecule has 1 N–H and O–H groups in total. The molecule has 0 fully saturated rings. The van der Waals surface area contributed by atoms with Gasteiger partial charge in [-0.05, 0) is 64.5 Å². The summed E-state index contributed by atoms with van der Waals surface area (Å²) in [6, 6.07) is 11.9. The predicted octanol–water partition coefficient (Wildman–Crippen LogP) is 5.22. The van der Waals surface area contributed by atoms with Crippen LogP contribution < -0.4 is 4.74 Å². The van der Waals surface area contributed by atoms with E-state index in [1.54, 1.807) is 7.11 Å². The van der Waals surface area contributed by atoms with E-state index in [4.69, 9.17) is 17.0 Å². The van der Waals surface area contributed by atoms with Crippen molar-refractivity contribution in [2.24, 2.45) is 0 Å². The number of hydrogen-bond acceptors (Lipinski definition) is 2. The minimum atomic E-state index is 0.662. The van der Waals surface area contributed by atoms with Crippen LogP contribution in [-0.4, -0.2) is 16.7 Å². The average Bonchev–Trinajstić information content (AvgIpc) is 2.74. The second kappa shape index (κ2) is 5.35. The van der Waals surface area contributed by atoms with Crippen LogP contribution in [-0.2, 0) is 0 Å². The van der Waals surface area contributed by atoms with Crippen molar-refractivity contribution in [1.29, 1.82) is 0 Å². The summed E-state index contributed by atoms with van der Waals surface area (Å²) in [5.74, 6) is 0.793. The summed E-state index contributed by atoms with van der Waals surface area (Å²) in [6.07, 6.45) is 0. The Labute approximate surface area is 137 Å². The molecule has 0 atom stereocenters. The van der Waals surface area contributed by atoms with Crippen LogP contribution in [0.3, 0.4) is 0 Å². The van der Waals surface area contributed by atoms with Crippen molar-refractivity contribution in [1.82, 2.24) is 9.55 Å². The SMILES string of the molecule is COc1ccc(-n2c(=S)[nH]c3ccc(Br)cc32)cc1Br. The molecule has 0 amide bonds. The third kappa shape index (κ3) is 2.32. The normalized spacial score (nSPS) is 10.9. The second-order valence-corrected chi connectivity index (χ2v) is 6.40. The molecule has 0 radical (unpaired) electrons. The average molecular weight is 414 g/mol. The van der Waals surface area contributed by atoms with Crippen LogP contribution in [0.4, 0.5) is 0 Å². The Balaban J connectivity index is 2.28. The molecule has 20 heavy (non-hydrogen) atoms. The lowest BCUT2D eigenvalue weighted by Gasteiger charge is -2.08. The van der Waals surface area contributed by atoms with E-state index >= 15 is 0 Å². The van der Waals surface area contributed by atoms with E-state index in [1.807, 2.05) is 41.0 Å². The zero-order chi connectivity index (χ0) is 14.3. The monoisotopic (exact) mass is 412 g/mol. The lowest BCUT2D eigenvalue weighted by atomic mass is 10.2. The van der Waals surface area contributed by atoms with Crippen molar-refractivity contribution in [3.8, 4) is 11.4 Å². The number of ether oxygens (including phenoxy) is 1. The molecule has 2 aromatic carbocycles. The molecule has 0 bridgehead atoms. The summed E-state index contributed by atoms with van der Waals surface area (Å²) < 4.78 is 9.83. The van der Waals surface area contributed by atoms with Gasteiger partial charge in [0.15, 0.2) is 4.77 Å². The quantitative estimate of drug-likeness (QED) is 0.583. The van der Waals surface area contributed by atoms with E-state index in [-0.39, 0.29) is 0 Å². The van der Waals surface area contributed by atoms with E-state index in [0.717, 1.165) is 31.4 Å². The number of hydrogen-bond donors (Lipinski definition) is 1. The number of halogens is 2. The largest absolute Gasteiger partial charge is 0.496 e. The highest BCUT2D eigenvalue weighted by molar-refractivity contribution is 9.10. The fourth-order valence-corrected chi connectivity index (χ4v) is 3.32. The van der Waals surface area contributed by atoms with Gasteiger partial charge in [-0.25, -0.2) is 0 Å². The molecular weight excluding hydrogens is 404 g/mol. The highest BCUT2D eigenvalue weighted by Crippen LogP contribution is 2.29. The fourth-order valence-electron chi connectivity index (χ4n) is 2.13. The predicted molar refractivity (Wildman–Crippen MR) is 90.4 cm³/mol. The smallest absolute Gasteiger partial charge is 0.182 e. The number of fused-ring (bicyclic) bond motifs is 1.